The van der Waals surface area contributed by atoms with Crippen molar-refractivity contribution in [2.24, 2.45) is 7.05 Å². The molecule has 0 amide bonds. The van der Waals surface area contributed by atoms with E-state index in [1.54, 1.807) is 25.0 Å². The molecule has 0 saturated carbocycles. The summed E-state index contributed by atoms with van der Waals surface area (Å²) < 4.78 is 8.67. The molecule has 0 aliphatic heterocycles. The minimum Gasteiger partial charge on any atom is -0.404 e. The molecule has 7 heteroatoms. The lowest BCUT2D eigenvalue weighted by Gasteiger charge is -2.02. The van der Waals surface area contributed by atoms with Crippen LogP contribution in [0.3, 0.4) is 0 Å². The summed E-state index contributed by atoms with van der Waals surface area (Å²) in [5, 5.41) is 8.37. The van der Waals surface area contributed by atoms with E-state index in [4.69, 9.17) is 4.74 Å². The van der Waals surface area contributed by atoms with Crippen molar-refractivity contribution in [3.63, 3.8) is 0 Å². The van der Waals surface area contributed by atoms with Gasteiger partial charge >= 0.3 is 6.01 Å². The fourth-order valence-electron chi connectivity index (χ4n) is 2.00. The largest absolute Gasteiger partial charge is 0.404 e. The van der Waals surface area contributed by atoms with Gasteiger partial charge in [0.1, 0.15) is 6.33 Å². The van der Waals surface area contributed by atoms with Gasteiger partial charge in [-0.05, 0) is 19.1 Å². The van der Waals surface area contributed by atoms with Gasteiger partial charge in [-0.2, -0.15) is 10.1 Å². The number of hydrogen-bond donors (Lipinski definition) is 0. The molecule has 1 aromatic carbocycles. The topological polar surface area (TPSA) is 74.8 Å². The summed E-state index contributed by atoms with van der Waals surface area (Å²) in [6.07, 6.45) is 2.26. The van der Waals surface area contributed by atoms with Gasteiger partial charge in [0, 0.05) is 7.05 Å². The zero-order valence-electron chi connectivity index (χ0n) is 11.6. The van der Waals surface area contributed by atoms with Crippen molar-refractivity contribution < 1.29 is 9.53 Å². The average Bonchev–Trinajstić information content (AvgIpc) is 3.06. The highest BCUT2D eigenvalue weighted by molar-refractivity contribution is 5.80. The Balaban J connectivity index is 1.90. The van der Waals surface area contributed by atoms with Crippen LogP contribution in [0.4, 0.5) is 0 Å². The Labute approximate surface area is 120 Å². The van der Waals surface area contributed by atoms with E-state index >= 15 is 0 Å². The zero-order chi connectivity index (χ0) is 14.8. The van der Waals surface area contributed by atoms with E-state index in [1.807, 2.05) is 30.3 Å². The van der Waals surface area contributed by atoms with E-state index in [2.05, 4.69) is 15.2 Å². The van der Waals surface area contributed by atoms with Gasteiger partial charge in [0.15, 0.2) is 6.29 Å². The van der Waals surface area contributed by atoms with E-state index in [1.165, 1.54) is 4.68 Å². The number of carbonyl (C=O) groups excluding carboxylic acids is 1. The van der Waals surface area contributed by atoms with Crippen molar-refractivity contribution in [1.29, 1.82) is 0 Å². The maximum absolute atomic E-state index is 11.1. The van der Waals surface area contributed by atoms with E-state index in [-0.39, 0.29) is 6.01 Å². The Morgan fingerprint density at radius 3 is 2.67 bits per heavy atom. The number of para-hydroxylation sites is 1. The van der Waals surface area contributed by atoms with E-state index < -0.39 is 0 Å². The third-order valence-corrected chi connectivity index (χ3v) is 3.01. The van der Waals surface area contributed by atoms with Gasteiger partial charge in [-0.25, -0.2) is 9.36 Å². The fraction of sp³-hybridized carbons (Fsp3) is 0.143. The molecule has 2 aromatic heterocycles. The molecule has 0 bridgehead atoms. The first-order chi connectivity index (χ1) is 10.2. The van der Waals surface area contributed by atoms with E-state index in [0.717, 1.165) is 5.69 Å². The highest BCUT2D eigenvalue weighted by Crippen LogP contribution is 2.23. The lowest BCUT2D eigenvalue weighted by atomic mass is 10.3. The van der Waals surface area contributed by atoms with Gasteiger partial charge in [-0.1, -0.05) is 18.2 Å². The molecule has 3 rings (SSSR count). The van der Waals surface area contributed by atoms with Gasteiger partial charge in [-0.15, -0.1) is 5.10 Å². The average molecular weight is 283 g/mol. The third-order valence-electron chi connectivity index (χ3n) is 3.01. The van der Waals surface area contributed by atoms with Crippen LogP contribution in [-0.4, -0.2) is 30.8 Å². The summed E-state index contributed by atoms with van der Waals surface area (Å²) in [6.45, 7) is 1.74. The van der Waals surface area contributed by atoms with E-state index in [9.17, 15) is 4.79 Å². The molecule has 106 valence electrons. The second kappa shape index (κ2) is 5.20. The molecule has 7 nitrogen and oxygen atoms in total. The standard InChI is InChI=1S/C14H13N5O2/c1-10-12(8-20)13(18(2)16-10)21-14-15-9-19(17-14)11-6-4-3-5-7-11/h3-9H,1-2H3. The molecule has 0 spiro atoms. The van der Waals surface area contributed by atoms with Crippen LogP contribution in [0.1, 0.15) is 16.1 Å². The smallest absolute Gasteiger partial charge is 0.342 e. The second-order valence-corrected chi connectivity index (χ2v) is 4.46. The molecule has 21 heavy (non-hydrogen) atoms. The number of aryl methyl sites for hydroxylation is 2. The lowest BCUT2D eigenvalue weighted by molar-refractivity contribution is 0.112. The summed E-state index contributed by atoms with van der Waals surface area (Å²) in [5.74, 6) is 0.327. The van der Waals surface area contributed by atoms with Crippen LogP contribution in [0.15, 0.2) is 36.7 Å². The van der Waals surface area contributed by atoms with Crippen LogP contribution >= 0.6 is 0 Å². The number of benzene rings is 1. The van der Waals surface area contributed by atoms with Crippen molar-refractivity contribution in [2.45, 2.75) is 6.92 Å². The molecule has 3 aromatic rings. The Morgan fingerprint density at radius 1 is 1.19 bits per heavy atom. The van der Waals surface area contributed by atoms with Crippen molar-refractivity contribution in [3.8, 4) is 17.6 Å². The minimum absolute atomic E-state index is 0.157. The summed E-state index contributed by atoms with van der Waals surface area (Å²) in [5.41, 5.74) is 1.87. The van der Waals surface area contributed by atoms with Gasteiger partial charge in [0.2, 0.25) is 5.88 Å². The molecule has 0 aliphatic rings. The first-order valence-electron chi connectivity index (χ1n) is 6.32. The van der Waals surface area contributed by atoms with Gasteiger partial charge in [0.25, 0.3) is 0 Å². The van der Waals surface area contributed by atoms with Gasteiger partial charge in [-0.3, -0.25) is 4.79 Å². The van der Waals surface area contributed by atoms with Crippen LogP contribution in [0.5, 0.6) is 11.9 Å². The third kappa shape index (κ3) is 2.40. The van der Waals surface area contributed by atoms with Crippen LogP contribution in [0.25, 0.3) is 5.69 Å². The maximum Gasteiger partial charge on any atom is 0.342 e. The van der Waals surface area contributed by atoms with Crippen LogP contribution in [0.2, 0.25) is 0 Å². The molecular weight excluding hydrogens is 270 g/mol. The molecule has 0 aliphatic carbocycles. The molecule has 2 heterocycles. The highest BCUT2D eigenvalue weighted by Gasteiger charge is 2.16. The molecule has 0 radical (unpaired) electrons. The number of hydrogen-bond acceptors (Lipinski definition) is 5. The van der Waals surface area contributed by atoms with Crippen molar-refractivity contribution in [2.75, 3.05) is 0 Å². The predicted octanol–water partition coefficient (Wildman–Crippen LogP) is 1.91. The first kappa shape index (κ1) is 13.0. The highest BCUT2D eigenvalue weighted by atomic mass is 16.5. The normalized spacial score (nSPS) is 10.6. The van der Waals surface area contributed by atoms with E-state index in [0.29, 0.717) is 23.4 Å². The van der Waals surface area contributed by atoms with Crippen LogP contribution in [-0.2, 0) is 7.05 Å². The summed E-state index contributed by atoms with van der Waals surface area (Å²) >= 11 is 0. The van der Waals surface area contributed by atoms with Gasteiger partial charge < -0.3 is 4.74 Å². The first-order valence-corrected chi connectivity index (χ1v) is 6.32. The van der Waals surface area contributed by atoms with Crippen molar-refractivity contribution >= 4 is 6.29 Å². The number of rotatable bonds is 4. The fourth-order valence-corrected chi connectivity index (χ4v) is 2.00. The molecule has 0 N–H and O–H groups in total. The zero-order valence-corrected chi connectivity index (χ0v) is 11.6. The predicted molar refractivity (Wildman–Crippen MR) is 74.8 cm³/mol. The van der Waals surface area contributed by atoms with Crippen LogP contribution < -0.4 is 4.74 Å². The summed E-state index contributed by atoms with van der Waals surface area (Å²) in [7, 11) is 1.70. The number of nitrogens with zero attached hydrogens (tertiary/aromatic N) is 5. The lowest BCUT2D eigenvalue weighted by Crippen LogP contribution is -1.99. The molecular formula is C14H13N5O2. The Hall–Kier alpha value is -2.96. The second-order valence-electron chi connectivity index (χ2n) is 4.46. The monoisotopic (exact) mass is 283 g/mol. The maximum atomic E-state index is 11.1. The molecule has 0 unspecified atom stereocenters. The number of aldehydes is 1. The Kier molecular flexibility index (Phi) is 3.23. The number of ether oxygens (including phenoxy) is 1. The molecule has 0 fully saturated rings. The summed E-state index contributed by atoms with van der Waals surface area (Å²) in [6, 6.07) is 9.71. The van der Waals surface area contributed by atoms with Crippen molar-refractivity contribution in [1.82, 2.24) is 24.5 Å². The Morgan fingerprint density at radius 2 is 1.95 bits per heavy atom. The molecule has 0 saturated heterocycles. The van der Waals surface area contributed by atoms with Crippen LogP contribution in [0, 0.1) is 6.92 Å². The van der Waals surface area contributed by atoms with Crippen molar-refractivity contribution in [3.05, 3.63) is 47.9 Å². The minimum atomic E-state index is 0.157. The summed E-state index contributed by atoms with van der Waals surface area (Å²) in [4.78, 5) is 15.2. The Bertz CT molecular complexity index is 776. The molecule has 0 atom stereocenters. The number of aromatic nitrogens is 5. The SMILES string of the molecule is Cc1nn(C)c(Oc2ncn(-c3ccccc3)n2)c1C=O. The quantitative estimate of drug-likeness (QED) is 0.684. The van der Waals surface area contributed by atoms with Gasteiger partial charge in [0.05, 0.1) is 16.9 Å². The number of carbonyl (C=O) groups is 1.